The van der Waals surface area contributed by atoms with E-state index < -0.39 is 15.6 Å². The van der Waals surface area contributed by atoms with Gasteiger partial charge in [0.2, 0.25) is 5.91 Å². The maximum Gasteiger partial charge on any atom is 0.291 e. The fourth-order valence-electron chi connectivity index (χ4n) is 6.03. The molecule has 4 N–H and O–H groups in total. The number of hydrogen-bond acceptors (Lipinski definition) is 8. The average molecular weight is 691 g/mol. The molecule has 2 aliphatic heterocycles. The summed E-state index contributed by atoms with van der Waals surface area (Å²) in [7, 11) is -4.49. The number of carbonyl (C=O) groups excluding carboxylic acids is 4. The number of carbonyl (C=O) groups is 4. The zero-order valence-corrected chi connectivity index (χ0v) is 27.6. The van der Waals surface area contributed by atoms with Gasteiger partial charge < -0.3 is 30.3 Å². The van der Waals surface area contributed by atoms with Crippen molar-refractivity contribution in [1.82, 2.24) is 9.80 Å². The van der Waals surface area contributed by atoms with Crippen molar-refractivity contribution in [1.29, 1.82) is 0 Å². The summed E-state index contributed by atoms with van der Waals surface area (Å²) in [4.78, 5) is 54.4. The lowest BCUT2D eigenvalue weighted by molar-refractivity contribution is -0.132. The third kappa shape index (κ3) is 8.45. The maximum absolute atomic E-state index is 13.5. The fourth-order valence-corrected chi connectivity index (χ4v) is 6.50. The molecule has 0 spiro atoms. The number of fused-ring (bicyclic) bond motifs is 2. The van der Waals surface area contributed by atoms with E-state index in [1.54, 1.807) is 41.3 Å². The molecule has 1 aliphatic carbocycles. The molecule has 0 radical (unpaired) electrons. The predicted molar refractivity (Wildman–Crippen MR) is 179 cm³/mol. The van der Waals surface area contributed by atoms with Gasteiger partial charge in [-0.05, 0) is 97.7 Å². The molecule has 6 rings (SSSR count). The number of nitrogens with one attached hydrogen (secondary N) is 2. The number of rotatable bonds is 12. The van der Waals surface area contributed by atoms with E-state index in [-0.39, 0.29) is 55.5 Å². The molecule has 1 atom stereocenters. The highest BCUT2D eigenvalue weighted by Gasteiger charge is 2.34. The van der Waals surface area contributed by atoms with Crippen molar-refractivity contribution >= 4 is 45.1 Å². The molecular formula is C35H38N4O9S. The molecule has 1 saturated carbocycles. The molecule has 3 aromatic carbocycles. The first-order valence-electron chi connectivity index (χ1n) is 16.3. The van der Waals surface area contributed by atoms with Crippen LogP contribution in [0.3, 0.4) is 0 Å². The van der Waals surface area contributed by atoms with E-state index in [9.17, 15) is 32.7 Å². The minimum atomic E-state index is -4.49. The largest absolute Gasteiger partial charge is 0.482 e. The minimum Gasteiger partial charge on any atom is -0.482 e. The van der Waals surface area contributed by atoms with Crippen molar-refractivity contribution in [3.63, 3.8) is 0 Å². The quantitative estimate of drug-likeness (QED) is 0.163. The summed E-state index contributed by atoms with van der Waals surface area (Å²) in [6, 6.07) is 17.9. The van der Waals surface area contributed by atoms with Gasteiger partial charge in [0, 0.05) is 48.9 Å². The lowest BCUT2D eigenvalue weighted by Crippen LogP contribution is -2.35. The van der Waals surface area contributed by atoms with Gasteiger partial charge in [-0.15, -0.1) is 0 Å². The Morgan fingerprint density at radius 1 is 1.00 bits per heavy atom. The predicted octanol–water partition coefficient (Wildman–Crippen LogP) is 3.73. The van der Waals surface area contributed by atoms with Crippen LogP contribution in [0.15, 0.2) is 60.7 Å². The fraction of sp³-hybridized carbons (Fsp3) is 0.371. The summed E-state index contributed by atoms with van der Waals surface area (Å²) >= 11 is 0. The Kier molecular flexibility index (Phi) is 9.99. The molecule has 1 unspecified atom stereocenters. The van der Waals surface area contributed by atoms with E-state index in [4.69, 9.17) is 9.29 Å². The Morgan fingerprint density at radius 2 is 1.76 bits per heavy atom. The number of unbranched alkanes of at least 4 members (excludes halogenated alkanes) is 1. The van der Waals surface area contributed by atoms with Gasteiger partial charge in [-0.3, -0.25) is 23.7 Å². The summed E-state index contributed by atoms with van der Waals surface area (Å²) in [6.45, 7) is 1.24. The van der Waals surface area contributed by atoms with Crippen LogP contribution in [0.1, 0.15) is 75.9 Å². The smallest absolute Gasteiger partial charge is 0.291 e. The molecule has 3 aromatic rings. The van der Waals surface area contributed by atoms with Crippen molar-refractivity contribution in [2.45, 2.75) is 69.5 Å². The molecule has 2 heterocycles. The molecule has 0 aromatic heterocycles. The van der Waals surface area contributed by atoms with E-state index in [1.165, 1.54) is 0 Å². The minimum absolute atomic E-state index is 0.0677. The normalized spacial score (nSPS) is 16.0. The number of benzene rings is 3. The van der Waals surface area contributed by atoms with Crippen molar-refractivity contribution in [3.8, 4) is 5.75 Å². The second kappa shape index (κ2) is 14.4. The zero-order chi connectivity index (χ0) is 34.7. The SMILES string of the molecule is O=C1COc2cc(C(=O)N(Cc3ccc(C(=O)Nc4ccc5c(c4)CCN(C(=O)CCCCC(O)S(=O)(=O)O)C5)cc3)C3CC3)ccc2N1. The molecule has 14 heteroatoms. The molecule has 1 fully saturated rings. The van der Waals surface area contributed by atoms with Crippen molar-refractivity contribution in [2.24, 2.45) is 0 Å². The molecular weight excluding hydrogens is 652 g/mol. The first kappa shape index (κ1) is 34.1. The Morgan fingerprint density at radius 3 is 2.49 bits per heavy atom. The topological polar surface area (TPSA) is 183 Å². The van der Waals surface area contributed by atoms with Crippen LogP contribution in [0.4, 0.5) is 11.4 Å². The molecule has 0 bridgehead atoms. The van der Waals surface area contributed by atoms with Gasteiger partial charge >= 0.3 is 0 Å². The third-order valence-corrected chi connectivity index (χ3v) is 9.87. The van der Waals surface area contributed by atoms with Crippen LogP contribution in [-0.4, -0.2) is 76.1 Å². The number of amides is 4. The summed E-state index contributed by atoms with van der Waals surface area (Å²) in [5.41, 5.74) is 3.21. The Hall–Kier alpha value is -4.79. The molecule has 3 aliphatic rings. The third-order valence-electron chi connectivity index (χ3n) is 8.94. The maximum atomic E-state index is 13.5. The average Bonchev–Trinajstić information content (AvgIpc) is 3.93. The lowest BCUT2D eigenvalue weighted by Gasteiger charge is -2.29. The van der Waals surface area contributed by atoms with Crippen molar-refractivity contribution < 1.29 is 42.0 Å². The molecule has 49 heavy (non-hydrogen) atoms. The van der Waals surface area contributed by atoms with Crippen molar-refractivity contribution in [2.75, 3.05) is 23.8 Å². The molecule has 258 valence electrons. The number of hydrogen-bond donors (Lipinski definition) is 4. The van der Waals surface area contributed by atoms with Crippen molar-refractivity contribution in [3.05, 3.63) is 88.5 Å². The highest BCUT2D eigenvalue weighted by molar-refractivity contribution is 7.86. The first-order valence-corrected chi connectivity index (χ1v) is 17.8. The Labute approximate surface area is 284 Å². The van der Waals surface area contributed by atoms with Gasteiger partial charge in [-0.2, -0.15) is 8.42 Å². The summed E-state index contributed by atoms with van der Waals surface area (Å²) in [5, 5.41) is 15.1. The standard InChI is InChI=1S/C35H38N4O9S/c40-31-21-48-30-18-25(10-14-29(30)37-31)35(44)39(28-12-13-28)19-22-5-7-23(8-6-22)34(43)36-27-11-9-26-20-38(16-15-24(26)17-27)32(41)3-1-2-4-33(42)49(45,46)47/h5-11,14,17-18,28,33,42H,1-4,12-13,15-16,19-21H2,(H,36,43)(H,37,40)(H,45,46,47). The highest BCUT2D eigenvalue weighted by Crippen LogP contribution is 2.33. The van der Waals surface area contributed by atoms with Gasteiger partial charge in [0.15, 0.2) is 12.0 Å². The van der Waals surface area contributed by atoms with E-state index in [0.29, 0.717) is 60.7 Å². The van der Waals surface area contributed by atoms with Crippen LogP contribution < -0.4 is 15.4 Å². The molecule has 13 nitrogen and oxygen atoms in total. The van der Waals surface area contributed by atoms with Gasteiger partial charge in [-0.1, -0.05) is 18.2 Å². The number of ether oxygens (including phenoxy) is 1. The van der Waals surface area contributed by atoms with Gasteiger partial charge in [-0.25, -0.2) is 0 Å². The van der Waals surface area contributed by atoms with Crippen LogP contribution in [-0.2, 0) is 39.2 Å². The van der Waals surface area contributed by atoms with E-state index in [0.717, 1.165) is 29.5 Å². The van der Waals surface area contributed by atoms with Crippen LogP contribution >= 0.6 is 0 Å². The van der Waals surface area contributed by atoms with Crippen LogP contribution in [0.25, 0.3) is 0 Å². The van der Waals surface area contributed by atoms with Crippen LogP contribution in [0.2, 0.25) is 0 Å². The van der Waals surface area contributed by atoms with E-state index >= 15 is 0 Å². The summed E-state index contributed by atoms with van der Waals surface area (Å²) in [5.74, 6) is -0.226. The van der Waals surface area contributed by atoms with E-state index in [2.05, 4.69) is 10.6 Å². The second-order valence-electron chi connectivity index (χ2n) is 12.6. The van der Waals surface area contributed by atoms with Gasteiger partial charge in [0.1, 0.15) is 5.75 Å². The number of aliphatic hydroxyl groups excluding tert-OH is 1. The monoisotopic (exact) mass is 690 g/mol. The Balaban J connectivity index is 1.01. The second-order valence-corrected chi connectivity index (χ2v) is 14.2. The highest BCUT2D eigenvalue weighted by atomic mass is 32.2. The number of anilines is 2. The molecule has 0 saturated heterocycles. The van der Waals surface area contributed by atoms with Gasteiger partial charge in [0.05, 0.1) is 5.69 Å². The number of aliphatic hydroxyl groups is 1. The molecule has 4 amide bonds. The summed E-state index contributed by atoms with van der Waals surface area (Å²) < 4.78 is 36.2. The van der Waals surface area contributed by atoms with Crippen LogP contribution in [0.5, 0.6) is 5.75 Å². The summed E-state index contributed by atoms with van der Waals surface area (Å²) in [6.07, 6.45) is 3.22. The Bertz CT molecular complexity index is 1880. The zero-order valence-electron chi connectivity index (χ0n) is 26.8. The van der Waals surface area contributed by atoms with Gasteiger partial charge in [0.25, 0.3) is 27.8 Å². The first-order chi connectivity index (χ1) is 23.4. The van der Waals surface area contributed by atoms with Crippen LogP contribution in [0, 0.1) is 0 Å². The lowest BCUT2D eigenvalue weighted by atomic mass is 9.98. The number of nitrogens with zero attached hydrogens (tertiary/aromatic N) is 2. The van der Waals surface area contributed by atoms with E-state index in [1.807, 2.05) is 29.2 Å².